The average molecular weight is 201 g/mol. The van der Waals surface area contributed by atoms with Gasteiger partial charge in [-0.2, -0.15) is 0 Å². The molecule has 0 aromatic heterocycles. The molecule has 0 saturated carbocycles. The van der Waals surface area contributed by atoms with Crippen LogP contribution in [0.3, 0.4) is 0 Å². The maximum absolute atomic E-state index is 11.2. The summed E-state index contributed by atoms with van der Waals surface area (Å²) in [4.78, 5) is 23.6. The second-order valence-electron chi connectivity index (χ2n) is 3.55. The van der Waals surface area contributed by atoms with Crippen molar-refractivity contribution in [2.75, 3.05) is 5.75 Å². The van der Waals surface area contributed by atoms with Crippen molar-refractivity contribution in [2.24, 2.45) is 5.92 Å². The van der Waals surface area contributed by atoms with Crippen molar-refractivity contribution in [3.8, 4) is 0 Å². The Hall–Kier alpha value is -0.710. The molecule has 5 heteroatoms. The van der Waals surface area contributed by atoms with Crippen molar-refractivity contribution in [2.45, 2.75) is 24.8 Å². The van der Waals surface area contributed by atoms with E-state index in [0.717, 1.165) is 5.75 Å². The van der Waals surface area contributed by atoms with Gasteiger partial charge in [0, 0.05) is 5.75 Å². The number of fused-ring (bicyclic) bond motifs is 1. The molecule has 4 nitrogen and oxygen atoms in total. The van der Waals surface area contributed by atoms with Gasteiger partial charge in [-0.05, 0) is 5.92 Å². The fourth-order valence-electron chi connectivity index (χ4n) is 1.87. The van der Waals surface area contributed by atoms with E-state index < -0.39 is 12.0 Å². The Morgan fingerprint density at radius 3 is 2.85 bits per heavy atom. The molecule has 2 heterocycles. The summed E-state index contributed by atoms with van der Waals surface area (Å²) in [6.45, 7) is 1.88. The van der Waals surface area contributed by atoms with Crippen LogP contribution in [0.15, 0.2) is 0 Å². The fraction of sp³-hybridized carbons (Fsp3) is 0.750. The van der Waals surface area contributed by atoms with Crippen molar-refractivity contribution < 1.29 is 14.7 Å². The van der Waals surface area contributed by atoms with Crippen LogP contribution < -0.4 is 0 Å². The van der Waals surface area contributed by atoms with E-state index in [1.807, 2.05) is 6.92 Å². The third kappa shape index (κ3) is 1.22. The first-order valence-electron chi connectivity index (χ1n) is 4.27. The van der Waals surface area contributed by atoms with Gasteiger partial charge in [-0.1, -0.05) is 6.92 Å². The largest absolute Gasteiger partial charge is 0.480 e. The third-order valence-corrected chi connectivity index (χ3v) is 4.09. The van der Waals surface area contributed by atoms with Gasteiger partial charge in [0.25, 0.3) is 0 Å². The van der Waals surface area contributed by atoms with Gasteiger partial charge in [0.15, 0.2) is 0 Å². The summed E-state index contributed by atoms with van der Waals surface area (Å²) in [6.07, 6.45) is 0.515. The first-order chi connectivity index (χ1) is 6.11. The molecule has 0 aromatic carbocycles. The molecule has 2 fully saturated rings. The van der Waals surface area contributed by atoms with E-state index in [2.05, 4.69) is 0 Å². The molecule has 2 rings (SSSR count). The van der Waals surface area contributed by atoms with Gasteiger partial charge >= 0.3 is 5.97 Å². The normalized spacial score (nSPS) is 38.1. The average Bonchev–Trinajstić information content (AvgIpc) is 2.05. The molecule has 0 aliphatic carbocycles. The molecular weight excluding hydrogens is 190 g/mol. The number of carbonyl (C=O) groups excluding carboxylic acids is 1. The zero-order valence-electron chi connectivity index (χ0n) is 7.27. The highest BCUT2D eigenvalue weighted by molar-refractivity contribution is 8.00. The van der Waals surface area contributed by atoms with E-state index in [0.29, 0.717) is 6.42 Å². The van der Waals surface area contributed by atoms with Gasteiger partial charge in [-0.25, -0.2) is 4.79 Å². The van der Waals surface area contributed by atoms with E-state index in [-0.39, 0.29) is 17.2 Å². The standard InChI is InChI=1S/C8H11NO3S/c1-4-3-13-6-2-5(10)9(6)7(4)8(11)12/h4,6-7H,2-3H2,1H3,(H,11,12)/t4?,6-,7?/m0/s1. The van der Waals surface area contributed by atoms with Gasteiger partial charge in [-0.15, -0.1) is 11.8 Å². The summed E-state index contributed by atoms with van der Waals surface area (Å²) in [6, 6.07) is -0.590. The number of hydrogen-bond acceptors (Lipinski definition) is 3. The van der Waals surface area contributed by atoms with E-state index >= 15 is 0 Å². The van der Waals surface area contributed by atoms with Crippen LogP contribution in [0.4, 0.5) is 0 Å². The van der Waals surface area contributed by atoms with Crippen LogP contribution in [0.5, 0.6) is 0 Å². The highest BCUT2D eigenvalue weighted by atomic mass is 32.2. The van der Waals surface area contributed by atoms with E-state index in [1.165, 1.54) is 4.90 Å². The highest BCUT2D eigenvalue weighted by Gasteiger charge is 2.49. The summed E-state index contributed by atoms with van der Waals surface area (Å²) in [5, 5.41) is 9.07. The van der Waals surface area contributed by atoms with Crippen molar-refractivity contribution in [3.05, 3.63) is 0 Å². The summed E-state index contributed by atoms with van der Waals surface area (Å²) < 4.78 is 0. The summed E-state index contributed by atoms with van der Waals surface area (Å²) in [5.74, 6) is 0.0103. The third-order valence-electron chi connectivity index (χ3n) is 2.59. The predicted octanol–water partition coefficient (Wildman–Crippen LogP) is 0.381. The molecule has 1 amide bonds. The topological polar surface area (TPSA) is 57.6 Å². The molecule has 13 heavy (non-hydrogen) atoms. The number of aliphatic carboxylic acids is 1. The van der Waals surface area contributed by atoms with Crippen LogP contribution >= 0.6 is 11.8 Å². The first kappa shape index (κ1) is 8.87. The Bertz CT molecular complexity index is 268. The Morgan fingerprint density at radius 2 is 2.38 bits per heavy atom. The molecule has 0 spiro atoms. The Labute approximate surface area is 80.3 Å². The number of β-lactam (4-membered cyclic amide) rings is 1. The van der Waals surface area contributed by atoms with Gasteiger partial charge in [0.2, 0.25) is 5.91 Å². The van der Waals surface area contributed by atoms with Gasteiger partial charge in [0.05, 0.1) is 11.8 Å². The monoisotopic (exact) mass is 201 g/mol. The van der Waals surface area contributed by atoms with Gasteiger partial charge in [-0.3, -0.25) is 4.79 Å². The van der Waals surface area contributed by atoms with E-state index in [4.69, 9.17) is 5.11 Å². The van der Waals surface area contributed by atoms with Gasteiger partial charge in [0.1, 0.15) is 6.04 Å². The number of carbonyl (C=O) groups is 2. The molecule has 2 saturated heterocycles. The minimum atomic E-state index is -0.870. The minimum absolute atomic E-state index is 0.0172. The Morgan fingerprint density at radius 1 is 1.69 bits per heavy atom. The molecular formula is C8H11NO3S. The SMILES string of the molecule is CC1CS[C@H]2CC(=O)N2C1C(=O)O. The lowest BCUT2D eigenvalue weighted by atomic mass is 9.98. The molecule has 2 aliphatic heterocycles. The molecule has 2 unspecified atom stereocenters. The van der Waals surface area contributed by atoms with Crippen LogP contribution in [0.2, 0.25) is 0 Å². The van der Waals surface area contributed by atoms with E-state index in [1.54, 1.807) is 11.8 Å². The number of hydrogen-bond donors (Lipinski definition) is 1. The quantitative estimate of drug-likeness (QED) is 0.623. The summed E-state index contributed by atoms with van der Waals surface area (Å²) in [5.41, 5.74) is 0. The first-order valence-corrected chi connectivity index (χ1v) is 5.31. The van der Waals surface area contributed by atoms with Crippen LogP contribution in [0, 0.1) is 5.92 Å². The van der Waals surface area contributed by atoms with Crippen molar-refractivity contribution >= 4 is 23.6 Å². The Kier molecular flexibility index (Phi) is 1.98. The molecule has 0 bridgehead atoms. The van der Waals surface area contributed by atoms with Crippen molar-refractivity contribution in [1.29, 1.82) is 0 Å². The predicted molar refractivity (Wildman–Crippen MR) is 48.3 cm³/mol. The second-order valence-corrected chi connectivity index (χ2v) is 4.76. The lowest BCUT2D eigenvalue weighted by Gasteiger charge is -2.49. The maximum Gasteiger partial charge on any atom is 0.326 e. The molecule has 0 radical (unpaired) electrons. The van der Waals surface area contributed by atoms with Crippen LogP contribution in [-0.4, -0.2) is 39.1 Å². The number of rotatable bonds is 1. The van der Waals surface area contributed by atoms with Crippen molar-refractivity contribution in [3.63, 3.8) is 0 Å². The van der Waals surface area contributed by atoms with Crippen molar-refractivity contribution in [1.82, 2.24) is 4.90 Å². The number of nitrogens with zero attached hydrogens (tertiary/aromatic N) is 1. The number of amides is 1. The smallest absolute Gasteiger partial charge is 0.326 e. The Balaban J connectivity index is 2.19. The zero-order valence-corrected chi connectivity index (χ0v) is 8.08. The van der Waals surface area contributed by atoms with Crippen LogP contribution in [-0.2, 0) is 9.59 Å². The molecule has 2 aliphatic rings. The fourth-order valence-corrected chi connectivity index (χ4v) is 3.24. The minimum Gasteiger partial charge on any atom is -0.480 e. The summed E-state index contributed by atoms with van der Waals surface area (Å²) >= 11 is 1.69. The zero-order chi connectivity index (χ0) is 9.59. The van der Waals surface area contributed by atoms with E-state index in [9.17, 15) is 9.59 Å². The lowest BCUT2D eigenvalue weighted by molar-refractivity contribution is -0.160. The molecule has 72 valence electrons. The number of carboxylic acid groups (broad SMARTS) is 1. The number of carboxylic acids is 1. The summed E-state index contributed by atoms with van der Waals surface area (Å²) in [7, 11) is 0. The molecule has 1 N–H and O–H groups in total. The molecule has 0 aromatic rings. The molecule has 3 atom stereocenters. The van der Waals surface area contributed by atoms with Crippen LogP contribution in [0.1, 0.15) is 13.3 Å². The number of thioether (sulfide) groups is 1. The highest BCUT2D eigenvalue weighted by Crippen LogP contribution is 2.39. The van der Waals surface area contributed by atoms with Crippen LogP contribution in [0.25, 0.3) is 0 Å². The second kappa shape index (κ2) is 2.90. The van der Waals surface area contributed by atoms with Gasteiger partial charge < -0.3 is 10.0 Å². The maximum atomic E-state index is 11.2. The lowest BCUT2D eigenvalue weighted by Crippen LogP contribution is -2.63.